The molecule has 0 aliphatic heterocycles. The van der Waals surface area contributed by atoms with E-state index in [4.69, 9.17) is 4.74 Å². The molecule has 1 heterocycles. The van der Waals surface area contributed by atoms with Crippen LogP contribution in [0.4, 0.5) is 4.39 Å². The second kappa shape index (κ2) is 9.29. The number of rotatable bonds is 6. The number of hydrogen-bond acceptors (Lipinski definition) is 3. The molecule has 1 N–H and O–H groups in total. The van der Waals surface area contributed by atoms with Crippen molar-refractivity contribution >= 4 is 16.8 Å². The van der Waals surface area contributed by atoms with E-state index in [0.29, 0.717) is 5.75 Å². The van der Waals surface area contributed by atoms with Gasteiger partial charge in [-0.3, -0.25) is 4.79 Å². The zero-order valence-electron chi connectivity index (χ0n) is 20.2. The van der Waals surface area contributed by atoms with E-state index in [2.05, 4.69) is 16.5 Å². The van der Waals surface area contributed by atoms with Gasteiger partial charge in [0, 0.05) is 10.8 Å². The monoisotopic (exact) mass is 459 g/mol. The summed E-state index contributed by atoms with van der Waals surface area (Å²) < 4.78 is 21.6. The largest absolute Gasteiger partial charge is 0.484 e. The average molecular weight is 460 g/mol. The van der Waals surface area contributed by atoms with E-state index in [0.717, 1.165) is 27.7 Å². The molecule has 0 saturated carbocycles. The summed E-state index contributed by atoms with van der Waals surface area (Å²) in [4.78, 5) is 12.7. The summed E-state index contributed by atoms with van der Waals surface area (Å²) >= 11 is 0. The normalized spacial score (nSPS) is 13.5. The summed E-state index contributed by atoms with van der Waals surface area (Å²) in [6.45, 7) is 9.68. The quantitative estimate of drug-likeness (QED) is 0.377. The molecule has 4 aromatic rings. The van der Waals surface area contributed by atoms with Gasteiger partial charge in [-0.15, -0.1) is 0 Å². The van der Waals surface area contributed by atoms with Crippen molar-refractivity contribution in [3.63, 3.8) is 0 Å². The lowest BCUT2D eigenvalue weighted by Gasteiger charge is -2.29. The second-order valence-corrected chi connectivity index (χ2v) is 9.72. The first-order chi connectivity index (χ1) is 16.1. The molecular weight excluding hydrogens is 429 g/mol. The van der Waals surface area contributed by atoms with Gasteiger partial charge in [0.15, 0.2) is 0 Å². The third kappa shape index (κ3) is 5.11. The van der Waals surface area contributed by atoms with Gasteiger partial charge in [0.2, 0.25) is 5.91 Å². The molecule has 34 heavy (non-hydrogen) atoms. The molecule has 1 aromatic heterocycles. The van der Waals surface area contributed by atoms with Crippen LogP contribution in [0.25, 0.3) is 16.6 Å². The Hall–Kier alpha value is -3.67. The number of carbonyl (C=O) groups is 1. The van der Waals surface area contributed by atoms with Gasteiger partial charge in [0.25, 0.3) is 0 Å². The molecule has 0 bridgehead atoms. The number of amides is 1. The Bertz CT molecular complexity index is 1310. The number of nitrogens with one attached hydrogen (secondary N) is 1. The maximum absolute atomic E-state index is 13.3. The fourth-order valence-electron chi connectivity index (χ4n) is 3.82. The molecule has 0 saturated heterocycles. The number of hydrogen-bond donors (Lipinski definition) is 1. The third-order valence-electron chi connectivity index (χ3n) is 5.74. The van der Waals surface area contributed by atoms with Crippen LogP contribution in [0.15, 0.2) is 72.9 Å². The van der Waals surface area contributed by atoms with Crippen molar-refractivity contribution in [1.29, 1.82) is 0 Å². The molecular formula is C28H30FN3O2. The highest BCUT2D eigenvalue weighted by Gasteiger charge is 2.28. The molecule has 0 fully saturated rings. The van der Waals surface area contributed by atoms with Gasteiger partial charge in [0.05, 0.1) is 23.4 Å². The Labute approximate surface area is 199 Å². The highest BCUT2D eigenvalue weighted by atomic mass is 19.1. The minimum atomic E-state index is -0.501. The first-order valence-corrected chi connectivity index (χ1v) is 11.4. The van der Waals surface area contributed by atoms with Gasteiger partial charge in [-0.05, 0) is 61.9 Å². The van der Waals surface area contributed by atoms with Crippen molar-refractivity contribution in [2.75, 3.05) is 0 Å². The van der Waals surface area contributed by atoms with Crippen LogP contribution in [-0.2, 0) is 4.79 Å². The van der Waals surface area contributed by atoms with E-state index in [1.54, 1.807) is 23.0 Å². The Balaban J connectivity index is 1.64. The average Bonchev–Trinajstić information content (AvgIpc) is 3.20. The highest BCUT2D eigenvalue weighted by molar-refractivity contribution is 5.82. The summed E-state index contributed by atoms with van der Waals surface area (Å²) in [5.74, 6) is 0.359. The van der Waals surface area contributed by atoms with E-state index in [1.807, 2.05) is 71.0 Å². The van der Waals surface area contributed by atoms with Crippen LogP contribution >= 0.6 is 0 Å². The van der Waals surface area contributed by atoms with Gasteiger partial charge in [-0.1, -0.05) is 50.6 Å². The summed E-state index contributed by atoms with van der Waals surface area (Å²) in [5, 5.41) is 8.48. The molecule has 4 rings (SSSR count). The van der Waals surface area contributed by atoms with Crippen molar-refractivity contribution in [2.45, 2.75) is 46.8 Å². The van der Waals surface area contributed by atoms with Gasteiger partial charge < -0.3 is 10.1 Å². The molecule has 0 radical (unpaired) electrons. The van der Waals surface area contributed by atoms with Gasteiger partial charge >= 0.3 is 0 Å². The molecule has 1 amide bonds. The third-order valence-corrected chi connectivity index (χ3v) is 5.74. The molecule has 6 heteroatoms. The maximum atomic E-state index is 13.3. The van der Waals surface area contributed by atoms with E-state index < -0.39 is 5.41 Å². The van der Waals surface area contributed by atoms with Crippen LogP contribution in [0, 0.1) is 18.2 Å². The number of aryl methyl sites for hydroxylation is 1. The number of carbonyl (C=O) groups excluding carboxylic acids is 1. The van der Waals surface area contributed by atoms with Crippen molar-refractivity contribution in [3.8, 4) is 11.4 Å². The van der Waals surface area contributed by atoms with Gasteiger partial charge in [-0.2, -0.15) is 5.10 Å². The summed E-state index contributed by atoms with van der Waals surface area (Å²) in [7, 11) is 0. The van der Waals surface area contributed by atoms with E-state index >= 15 is 0 Å². The van der Waals surface area contributed by atoms with Crippen molar-refractivity contribution in [3.05, 3.63) is 89.9 Å². The summed E-state index contributed by atoms with van der Waals surface area (Å²) in [6, 6.07) is 19.9. The van der Waals surface area contributed by atoms with Crippen LogP contribution in [0.5, 0.6) is 5.75 Å². The first kappa shape index (κ1) is 23.5. The second-order valence-electron chi connectivity index (χ2n) is 9.72. The molecule has 5 nitrogen and oxygen atoms in total. The zero-order chi connectivity index (χ0) is 24.5. The lowest BCUT2D eigenvalue weighted by molar-refractivity contribution is -0.129. The van der Waals surface area contributed by atoms with Crippen molar-refractivity contribution in [1.82, 2.24) is 15.1 Å². The number of fused-ring (bicyclic) bond motifs is 1. The molecule has 176 valence electrons. The predicted molar refractivity (Wildman–Crippen MR) is 133 cm³/mol. The Morgan fingerprint density at radius 1 is 1.06 bits per heavy atom. The molecule has 0 aliphatic rings. The fourth-order valence-corrected chi connectivity index (χ4v) is 3.82. The first-order valence-electron chi connectivity index (χ1n) is 11.4. The molecule has 2 atom stereocenters. The van der Waals surface area contributed by atoms with Gasteiger partial charge in [-0.25, -0.2) is 9.07 Å². The topological polar surface area (TPSA) is 56.1 Å². The highest BCUT2D eigenvalue weighted by Crippen LogP contribution is 2.30. The molecule has 2 unspecified atom stereocenters. The van der Waals surface area contributed by atoms with Crippen LogP contribution in [-0.4, -0.2) is 21.7 Å². The van der Waals surface area contributed by atoms with E-state index in [-0.39, 0.29) is 23.9 Å². The van der Waals surface area contributed by atoms with Crippen molar-refractivity contribution in [2.24, 2.45) is 5.41 Å². The summed E-state index contributed by atoms with van der Waals surface area (Å²) in [6.07, 6.45) is 1.38. The Morgan fingerprint density at radius 3 is 2.47 bits per heavy atom. The van der Waals surface area contributed by atoms with E-state index in [9.17, 15) is 9.18 Å². The van der Waals surface area contributed by atoms with Crippen LogP contribution in [0.1, 0.15) is 44.9 Å². The standard InChI is InChI=1S/C28H30FN3O2/c1-18-7-6-8-20(15-18)26(19(2)31-27(33)28(3,4)5)34-24-13-14-25-21(16-24)17-30-32(25)23-11-9-22(29)10-12-23/h6-17,19,26H,1-5H3,(H,31,33). The molecule has 0 spiro atoms. The minimum absolute atomic E-state index is 0.0303. The Kier molecular flexibility index (Phi) is 6.42. The van der Waals surface area contributed by atoms with Gasteiger partial charge in [0.1, 0.15) is 17.7 Å². The molecule has 0 aliphatic carbocycles. The SMILES string of the molecule is Cc1cccc(C(Oc2ccc3c(cnn3-c3ccc(F)cc3)c2)C(C)NC(=O)C(C)(C)C)c1. The van der Waals surface area contributed by atoms with Crippen LogP contribution < -0.4 is 10.1 Å². The summed E-state index contributed by atoms with van der Waals surface area (Å²) in [5.41, 5.74) is 3.28. The number of nitrogens with zero attached hydrogens (tertiary/aromatic N) is 2. The smallest absolute Gasteiger partial charge is 0.225 e. The number of benzene rings is 3. The minimum Gasteiger partial charge on any atom is -0.484 e. The van der Waals surface area contributed by atoms with E-state index in [1.165, 1.54) is 12.1 Å². The lowest BCUT2D eigenvalue weighted by Crippen LogP contribution is -2.44. The fraction of sp³-hybridized carbons (Fsp3) is 0.286. The molecule has 3 aromatic carbocycles. The maximum Gasteiger partial charge on any atom is 0.225 e. The Morgan fingerprint density at radius 2 is 1.79 bits per heavy atom. The number of halogens is 1. The number of ether oxygens (including phenoxy) is 1. The van der Waals surface area contributed by atoms with Crippen LogP contribution in [0.2, 0.25) is 0 Å². The lowest BCUT2D eigenvalue weighted by atomic mass is 9.94. The number of aromatic nitrogens is 2. The zero-order valence-corrected chi connectivity index (χ0v) is 20.2. The van der Waals surface area contributed by atoms with Crippen molar-refractivity contribution < 1.29 is 13.9 Å². The predicted octanol–water partition coefficient (Wildman–Crippen LogP) is 6.14. The van der Waals surface area contributed by atoms with Crippen LogP contribution in [0.3, 0.4) is 0 Å².